The van der Waals surface area contributed by atoms with Gasteiger partial charge in [-0.2, -0.15) is 0 Å². The summed E-state index contributed by atoms with van der Waals surface area (Å²) >= 11 is 0. The van der Waals surface area contributed by atoms with E-state index in [0.29, 0.717) is 22.6 Å². The number of methoxy groups -OCH3 is 2. The summed E-state index contributed by atoms with van der Waals surface area (Å²) in [4.78, 5) is 40.0. The number of benzene rings is 2. The maximum absolute atomic E-state index is 12.5. The Bertz CT molecular complexity index is 1570. The minimum absolute atomic E-state index is 0.134. The van der Waals surface area contributed by atoms with Crippen LogP contribution >= 0.6 is 0 Å². The van der Waals surface area contributed by atoms with Gasteiger partial charge in [-0.25, -0.2) is 22.6 Å². The second-order valence-corrected chi connectivity index (χ2v) is 11.1. The maximum atomic E-state index is 12.5. The second-order valence-electron chi connectivity index (χ2n) is 9.32. The topological polar surface area (TPSA) is 137 Å². The molecule has 0 saturated heterocycles. The lowest BCUT2D eigenvalue weighted by molar-refractivity contribution is 0.0600. The molecule has 0 unspecified atom stereocenters. The zero-order valence-electron chi connectivity index (χ0n) is 21.4. The van der Waals surface area contributed by atoms with Crippen molar-refractivity contribution < 1.29 is 22.7 Å². The molecule has 0 aliphatic heterocycles. The highest BCUT2D eigenvalue weighted by Crippen LogP contribution is 2.37. The lowest BCUT2D eigenvalue weighted by atomic mass is 9.84. The molecule has 0 atom stereocenters. The number of H-pyrrole nitrogens is 1. The van der Waals surface area contributed by atoms with Crippen molar-refractivity contribution in [2.75, 3.05) is 25.2 Å². The van der Waals surface area contributed by atoms with Crippen molar-refractivity contribution in [1.82, 2.24) is 9.55 Å². The van der Waals surface area contributed by atoms with Gasteiger partial charge in [0.15, 0.2) is 0 Å². The van der Waals surface area contributed by atoms with Crippen molar-refractivity contribution in [2.45, 2.75) is 26.2 Å². The summed E-state index contributed by atoms with van der Waals surface area (Å²) in [5.41, 5.74) is 0.943. The van der Waals surface area contributed by atoms with Crippen molar-refractivity contribution in [2.24, 2.45) is 0 Å². The number of nitrogens with one attached hydrogen (secondary N) is 2. The Morgan fingerprint density at radius 3 is 2.27 bits per heavy atom. The van der Waals surface area contributed by atoms with Gasteiger partial charge in [-0.15, -0.1) is 0 Å². The Morgan fingerprint density at radius 1 is 1.03 bits per heavy atom. The van der Waals surface area contributed by atoms with Gasteiger partial charge >= 0.3 is 11.7 Å². The van der Waals surface area contributed by atoms with Crippen LogP contribution in [0.3, 0.4) is 0 Å². The van der Waals surface area contributed by atoms with Gasteiger partial charge in [0.2, 0.25) is 10.0 Å². The van der Waals surface area contributed by atoms with E-state index in [4.69, 9.17) is 9.47 Å². The third-order valence-electron chi connectivity index (χ3n) is 5.43. The number of rotatable bonds is 7. The summed E-state index contributed by atoms with van der Waals surface area (Å²) in [5.74, 6) is -0.127. The van der Waals surface area contributed by atoms with Crippen LogP contribution in [0.2, 0.25) is 0 Å². The summed E-state index contributed by atoms with van der Waals surface area (Å²) in [6, 6.07) is 9.10. The van der Waals surface area contributed by atoms with Crippen molar-refractivity contribution in [3.8, 4) is 11.4 Å². The molecule has 2 aromatic carbocycles. The molecule has 196 valence electrons. The molecule has 0 aliphatic carbocycles. The standard InChI is InChI=1S/C26H29N3O7S/c1-26(2,3)21-15-19(29-22(30)11-12-27-25(29)32)13-17(23(21)35-4)8-7-16-9-10-18(28-37(6,33)34)14-20(16)24(31)36-5/h7-15,28H,1-6H3,(H,27,32). The number of aromatic nitrogens is 2. The van der Waals surface area contributed by atoms with Crippen LogP contribution in [0.25, 0.3) is 17.8 Å². The SMILES string of the molecule is COC(=O)c1cc(NS(C)(=O)=O)ccc1C=Cc1cc(-n2c(=O)cc[nH]c2=O)cc(C(C)(C)C)c1OC. The van der Waals surface area contributed by atoms with Crippen LogP contribution < -0.4 is 20.7 Å². The van der Waals surface area contributed by atoms with Gasteiger partial charge in [0.05, 0.1) is 31.7 Å². The number of esters is 1. The molecule has 11 heteroatoms. The van der Waals surface area contributed by atoms with Crippen molar-refractivity contribution in [1.29, 1.82) is 0 Å². The number of nitrogens with zero attached hydrogens (tertiary/aromatic N) is 1. The van der Waals surface area contributed by atoms with E-state index in [9.17, 15) is 22.8 Å². The van der Waals surface area contributed by atoms with Gasteiger partial charge < -0.3 is 14.5 Å². The van der Waals surface area contributed by atoms with Crippen LogP contribution in [-0.2, 0) is 20.2 Å². The lowest BCUT2D eigenvalue weighted by Crippen LogP contribution is -2.32. The van der Waals surface area contributed by atoms with Crippen molar-refractivity contribution >= 4 is 33.8 Å². The Balaban J connectivity index is 2.24. The van der Waals surface area contributed by atoms with Crippen molar-refractivity contribution in [3.63, 3.8) is 0 Å². The summed E-state index contributed by atoms with van der Waals surface area (Å²) in [6.07, 6.45) is 5.62. The van der Waals surface area contributed by atoms with E-state index in [0.717, 1.165) is 16.4 Å². The smallest absolute Gasteiger partial charge is 0.338 e. The largest absolute Gasteiger partial charge is 0.496 e. The van der Waals surface area contributed by atoms with E-state index in [1.807, 2.05) is 20.8 Å². The minimum Gasteiger partial charge on any atom is -0.496 e. The molecule has 0 saturated carbocycles. The molecule has 1 aromatic heterocycles. The van der Waals surface area contributed by atoms with Crippen LogP contribution in [0.1, 0.15) is 47.8 Å². The molecule has 0 bridgehead atoms. The monoisotopic (exact) mass is 527 g/mol. The second kappa shape index (κ2) is 10.5. The Kier molecular flexibility index (Phi) is 7.77. The number of anilines is 1. The van der Waals surface area contributed by atoms with Crippen LogP contribution in [0.4, 0.5) is 5.69 Å². The predicted molar refractivity (Wildman–Crippen MR) is 143 cm³/mol. The molecule has 0 fully saturated rings. The maximum Gasteiger partial charge on any atom is 0.338 e. The zero-order valence-corrected chi connectivity index (χ0v) is 22.2. The molecular formula is C26H29N3O7S. The van der Waals surface area contributed by atoms with Crippen molar-refractivity contribution in [3.05, 3.63) is 85.7 Å². The van der Waals surface area contributed by atoms with E-state index in [1.54, 1.807) is 30.4 Å². The Hall–Kier alpha value is -4.12. The van der Waals surface area contributed by atoms with Gasteiger partial charge in [0.1, 0.15) is 5.75 Å². The van der Waals surface area contributed by atoms with Crippen LogP contribution in [0.5, 0.6) is 5.75 Å². The fourth-order valence-electron chi connectivity index (χ4n) is 3.79. The van der Waals surface area contributed by atoms with Gasteiger partial charge in [-0.3, -0.25) is 9.52 Å². The molecular weight excluding hydrogens is 498 g/mol. The van der Waals surface area contributed by atoms with E-state index < -0.39 is 32.7 Å². The highest BCUT2D eigenvalue weighted by atomic mass is 32.2. The highest BCUT2D eigenvalue weighted by molar-refractivity contribution is 7.92. The number of sulfonamides is 1. The molecule has 37 heavy (non-hydrogen) atoms. The number of ether oxygens (including phenoxy) is 2. The number of hydrogen-bond acceptors (Lipinski definition) is 7. The number of hydrogen-bond donors (Lipinski definition) is 2. The number of aromatic amines is 1. The lowest BCUT2D eigenvalue weighted by Gasteiger charge is -2.24. The molecule has 0 spiro atoms. The number of carbonyl (C=O) groups is 1. The molecule has 0 amide bonds. The molecule has 0 aliphatic rings. The normalized spacial score (nSPS) is 11.9. The first-order valence-corrected chi connectivity index (χ1v) is 13.1. The molecule has 3 rings (SSSR count). The first-order valence-electron chi connectivity index (χ1n) is 11.2. The van der Waals surface area contributed by atoms with Gasteiger partial charge in [-0.1, -0.05) is 39.0 Å². The zero-order chi connectivity index (χ0) is 27.5. The summed E-state index contributed by atoms with van der Waals surface area (Å²) in [5, 5.41) is 0. The molecule has 0 radical (unpaired) electrons. The minimum atomic E-state index is -3.55. The average Bonchev–Trinajstić information content (AvgIpc) is 2.80. The molecule has 10 nitrogen and oxygen atoms in total. The van der Waals surface area contributed by atoms with Gasteiger partial charge in [0, 0.05) is 29.1 Å². The summed E-state index contributed by atoms with van der Waals surface area (Å²) in [6.45, 7) is 5.93. The van der Waals surface area contributed by atoms with Gasteiger partial charge in [-0.05, 0) is 35.2 Å². The molecule has 3 aromatic rings. The van der Waals surface area contributed by atoms with Gasteiger partial charge in [0.25, 0.3) is 5.56 Å². The molecule has 1 heterocycles. The van der Waals surface area contributed by atoms with E-state index >= 15 is 0 Å². The fraction of sp³-hybridized carbons (Fsp3) is 0.269. The van der Waals surface area contributed by atoms with E-state index in [-0.39, 0.29) is 11.3 Å². The Labute approximate surface area is 214 Å². The van der Waals surface area contributed by atoms with Crippen LogP contribution in [0, 0.1) is 0 Å². The third-order valence-corrected chi connectivity index (χ3v) is 6.04. The number of carbonyl (C=O) groups excluding carboxylic acids is 1. The summed E-state index contributed by atoms with van der Waals surface area (Å²) in [7, 11) is -0.805. The van der Waals surface area contributed by atoms with Crippen LogP contribution in [0.15, 0.2) is 52.2 Å². The predicted octanol–water partition coefficient (Wildman–Crippen LogP) is 3.16. The highest BCUT2D eigenvalue weighted by Gasteiger charge is 2.23. The first-order chi connectivity index (χ1) is 17.2. The van der Waals surface area contributed by atoms with E-state index in [1.165, 1.54) is 38.6 Å². The van der Waals surface area contributed by atoms with E-state index in [2.05, 4.69) is 9.71 Å². The average molecular weight is 528 g/mol. The Morgan fingerprint density at radius 2 is 1.70 bits per heavy atom. The molecule has 2 N–H and O–H groups in total. The fourth-order valence-corrected chi connectivity index (χ4v) is 4.34. The first kappa shape index (κ1) is 27.5. The third kappa shape index (κ3) is 6.36. The summed E-state index contributed by atoms with van der Waals surface area (Å²) < 4.78 is 37.2. The quantitative estimate of drug-likeness (QED) is 0.356. The van der Waals surface area contributed by atoms with Crippen LogP contribution in [-0.4, -0.2) is 44.4 Å².